The molecule has 1 N–H and O–H groups in total. The zero-order chi connectivity index (χ0) is 13.9. The second-order valence-electron chi connectivity index (χ2n) is 5.19. The summed E-state index contributed by atoms with van der Waals surface area (Å²) in [5.41, 5.74) is 3.76. The van der Waals surface area contributed by atoms with E-state index in [0.717, 1.165) is 38.3 Å². The van der Waals surface area contributed by atoms with Gasteiger partial charge in [-0.1, -0.05) is 31.2 Å². The van der Waals surface area contributed by atoms with Gasteiger partial charge in [0.2, 0.25) is 0 Å². The van der Waals surface area contributed by atoms with E-state index in [4.69, 9.17) is 4.98 Å². The van der Waals surface area contributed by atoms with Gasteiger partial charge in [0.25, 0.3) is 0 Å². The molecule has 1 aliphatic heterocycles. The summed E-state index contributed by atoms with van der Waals surface area (Å²) in [4.78, 5) is 8.57. The number of piperazine rings is 1. The van der Waals surface area contributed by atoms with Crippen molar-refractivity contribution in [3.8, 4) is 11.3 Å². The number of nitrogens with zero attached hydrogens (tertiary/aromatic N) is 2. The van der Waals surface area contributed by atoms with E-state index in [-0.39, 0.29) is 0 Å². The van der Waals surface area contributed by atoms with Gasteiger partial charge in [-0.3, -0.25) is 0 Å². The number of thiazole rings is 1. The number of aromatic nitrogens is 1. The number of nitrogens with one attached hydrogen (secondary N) is 1. The predicted octanol–water partition coefficient (Wildman–Crippen LogP) is 3.09. The Kier molecular flexibility index (Phi) is 4.03. The maximum atomic E-state index is 4.88. The number of hydrogen-bond donors (Lipinski definition) is 1. The van der Waals surface area contributed by atoms with E-state index >= 15 is 0 Å². The normalized spacial score (nSPS) is 15.6. The Morgan fingerprint density at radius 2 is 1.90 bits per heavy atom. The first kappa shape index (κ1) is 13.6. The largest absolute Gasteiger partial charge is 0.346 e. The van der Waals surface area contributed by atoms with Crippen molar-refractivity contribution in [2.75, 3.05) is 31.1 Å². The van der Waals surface area contributed by atoms with Crippen LogP contribution >= 0.6 is 11.3 Å². The second kappa shape index (κ2) is 5.94. The van der Waals surface area contributed by atoms with Crippen molar-refractivity contribution in [3.05, 3.63) is 34.7 Å². The van der Waals surface area contributed by atoms with Gasteiger partial charge in [-0.15, -0.1) is 11.3 Å². The average Bonchev–Trinajstić information content (AvgIpc) is 2.90. The first-order valence-electron chi connectivity index (χ1n) is 7.30. The minimum Gasteiger partial charge on any atom is -0.346 e. The first-order valence-corrected chi connectivity index (χ1v) is 8.12. The summed E-state index contributed by atoms with van der Waals surface area (Å²) in [5.74, 6) is 0. The monoisotopic (exact) mass is 287 g/mol. The van der Waals surface area contributed by atoms with Crippen LogP contribution in [0, 0.1) is 6.92 Å². The van der Waals surface area contributed by atoms with Crippen LogP contribution in [0.1, 0.15) is 17.4 Å². The van der Waals surface area contributed by atoms with Gasteiger partial charge >= 0.3 is 0 Å². The topological polar surface area (TPSA) is 28.2 Å². The second-order valence-corrected chi connectivity index (χ2v) is 6.37. The summed E-state index contributed by atoms with van der Waals surface area (Å²) in [6, 6.07) is 8.81. The Morgan fingerprint density at radius 3 is 2.55 bits per heavy atom. The third-order valence-electron chi connectivity index (χ3n) is 3.81. The van der Waals surface area contributed by atoms with Crippen LogP contribution in [0.25, 0.3) is 11.3 Å². The third kappa shape index (κ3) is 2.72. The number of hydrogen-bond acceptors (Lipinski definition) is 4. The molecule has 0 spiro atoms. The van der Waals surface area contributed by atoms with Crippen molar-refractivity contribution in [2.45, 2.75) is 20.3 Å². The Hall–Kier alpha value is -1.39. The molecular weight excluding hydrogens is 266 g/mol. The highest BCUT2D eigenvalue weighted by molar-refractivity contribution is 7.16. The van der Waals surface area contributed by atoms with E-state index in [9.17, 15) is 0 Å². The SMILES string of the molecule is CCc1ccc(-c2nc(N3CCNCC3)sc2C)cc1. The summed E-state index contributed by atoms with van der Waals surface area (Å²) < 4.78 is 0. The minimum atomic E-state index is 1.05. The molecule has 1 aliphatic rings. The standard InChI is InChI=1S/C16H21N3S/c1-3-13-4-6-14(7-5-13)15-12(2)20-16(18-15)19-10-8-17-9-11-19/h4-7,17H,3,8-11H2,1-2H3. The molecule has 0 amide bonds. The highest BCUT2D eigenvalue weighted by atomic mass is 32.1. The zero-order valence-electron chi connectivity index (χ0n) is 12.1. The molecule has 20 heavy (non-hydrogen) atoms. The number of aryl methyl sites for hydroxylation is 2. The molecule has 0 atom stereocenters. The molecule has 1 aromatic heterocycles. The smallest absolute Gasteiger partial charge is 0.186 e. The van der Waals surface area contributed by atoms with E-state index < -0.39 is 0 Å². The summed E-state index contributed by atoms with van der Waals surface area (Å²) in [7, 11) is 0. The van der Waals surface area contributed by atoms with Crippen molar-refractivity contribution in [3.63, 3.8) is 0 Å². The van der Waals surface area contributed by atoms with Crippen molar-refractivity contribution in [1.82, 2.24) is 10.3 Å². The third-order valence-corrected chi connectivity index (χ3v) is 4.84. The molecule has 3 rings (SSSR count). The number of anilines is 1. The Morgan fingerprint density at radius 1 is 1.20 bits per heavy atom. The Labute approximate surface area is 124 Å². The lowest BCUT2D eigenvalue weighted by Crippen LogP contribution is -2.43. The quantitative estimate of drug-likeness (QED) is 0.940. The molecule has 106 valence electrons. The van der Waals surface area contributed by atoms with E-state index in [1.165, 1.54) is 21.1 Å². The molecule has 0 saturated carbocycles. The lowest BCUT2D eigenvalue weighted by atomic mass is 10.1. The molecule has 0 bridgehead atoms. The summed E-state index contributed by atoms with van der Waals surface area (Å²) >= 11 is 1.81. The fourth-order valence-electron chi connectivity index (χ4n) is 2.54. The van der Waals surface area contributed by atoms with Crippen LogP contribution in [0.15, 0.2) is 24.3 Å². The van der Waals surface area contributed by atoms with Gasteiger partial charge in [0.1, 0.15) is 0 Å². The molecule has 0 radical (unpaired) electrons. The molecule has 0 aliphatic carbocycles. The minimum absolute atomic E-state index is 1.05. The Bertz CT molecular complexity index is 568. The lowest BCUT2D eigenvalue weighted by molar-refractivity contribution is 0.588. The van der Waals surface area contributed by atoms with E-state index in [1.54, 1.807) is 0 Å². The van der Waals surface area contributed by atoms with Gasteiger partial charge in [0.15, 0.2) is 5.13 Å². The molecule has 2 heterocycles. The lowest BCUT2D eigenvalue weighted by Gasteiger charge is -2.26. The molecular formula is C16H21N3S. The zero-order valence-corrected chi connectivity index (χ0v) is 13.0. The fraction of sp³-hybridized carbons (Fsp3) is 0.438. The first-order chi connectivity index (χ1) is 9.78. The molecule has 1 saturated heterocycles. The van der Waals surface area contributed by atoms with Crippen molar-refractivity contribution in [1.29, 1.82) is 0 Å². The Balaban J connectivity index is 1.87. The van der Waals surface area contributed by atoms with Crippen LogP contribution in [-0.2, 0) is 6.42 Å². The van der Waals surface area contributed by atoms with Crippen LogP contribution in [-0.4, -0.2) is 31.2 Å². The summed E-state index contributed by atoms with van der Waals surface area (Å²) in [6.45, 7) is 8.58. The highest BCUT2D eigenvalue weighted by Crippen LogP contribution is 2.32. The van der Waals surface area contributed by atoms with E-state index in [0.29, 0.717) is 0 Å². The van der Waals surface area contributed by atoms with Gasteiger partial charge in [-0.05, 0) is 18.9 Å². The molecule has 4 heteroatoms. The maximum Gasteiger partial charge on any atom is 0.186 e. The summed E-state index contributed by atoms with van der Waals surface area (Å²) in [6.07, 6.45) is 1.09. The van der Waals surface area contributed by atoms with Crippen molar-refractivity contribution >= 4 is 16.5 Å². The summed E-state index contributed by atoms with van der Waals surface area (Å²) in [5, 5.41) is 4.55. The van der Waals surface area contributed by atoms with Gasteiger partial charge in [-0.2, -0.15) is 0 Å². The number of rotatable bonds is 3. The van der Waals surface area contributed by atoms with Gasteiger partial charge in [-0.25, -0.2) is 4.98 Å². The predicted molar refractivity (Wildman–Crippen MR) is 86.7 cm³/mol. The van der Waals surface area contributed by atoms with Crippen molar-refractivity contribution < 1.29 is 0 Å². The van der Waals surface area contributed by atoms with Crippen LogP contribution in [0.4, 0.5) is 5.13 Å². The number of benzene rings is 1. The van der Waals surface area contributed by atoms with Gasteiger partial charge in [0.05, 0.1) is 5.69 Å². The van der Waals surface area contributed by atoms with Crippen LogP contribution in [0.5, 0.6) is 0 Å². The van der Waals surface area contributed by atoms with Crippen LogP contribution in [0.3, 0.4) is 0 Å². The van der Waals surface area contributed by atoms with Crippen LogP contribution in [0.2, 0.25) is 0 Å². The highest BCUT2D eigenvalue weighted by Gasteiger charge is 2.17. The molecule has 2 aromatic rings. The van der Waals surface area contributed by atoms with Gasteiger partial charge in [0, 0.05) is 36.6 Å². The molecule has 1 aromatic carbocycles. The average molecular weight is 287 g/mol. The molecule has 3 nitrogen and oxygen atoms in total. The molecule has 0 unspecified atom stereocenters. The maximum absolute atomic E-state index is 4.88. The van der Waals surface area contributed by atoms with E-state index in [1.807, 2.05) is 11.3 Å². The molecule has 1 fully saturated rings. The van der Waals surface area contributed by atoms with Crippen molar-refractivity contribution in [2.24, 2.45) is 0 Å². The van der Waals surface area contributed by atoms with E-state index in [2.05, 4.69) is 48.3 Å². The fourth-order valence-corrected chi connectivity index (χ4v) is 3.52. The van der Waals surface area contributed by atoms with Crippen LogP contribution < -0.4 is 10.2 Å². The van der Waals surface area contributed by atoms with Gasteiger partial charge < -0.3 is 10.2 Å².